The van der Waals surface area contributed by atoms with E-state index in [-0.39, 0.29) is 36.7 Å². The van der Waals surface area contributed by atoms with E-state index in [4.69, 9.17) is 14.5 Å². The maximum absolute atomic E-state index is 12.9. The summed E-state index contributed by atoms with van der Waals surface area (Å²) in [6.07, 6.45) is 4.08. The van der Waals surface area contributed by atoms with E-state index in [1.54, 1.807) is 36.4 Å². The van der Waals surface area contributed by atoms with Gasteiger partial charge in [-0.25, -0.2) is 4.63 Å². The molecule has 1 aliphatic heterocycles. The summed E-state index contributed by atoms with van der Waals surface area (Å²) in [5, 5.41) is 17.6. The first-order valence-electron chi connectivity index (χ1n) is 10.4. The minimum Gasteiger partial charge on any atom is -0.483 e. The fourth-order valence-electron chi connectivity index (χ4n) is 3.84. The van der Waals surface area contributed by atoms with Gasteiger partial charge in [0.15, 0.2) is 0 Å². The van der Waals surface area contributed by atoms with Crippen LogP contribution in [0.2, 0.25) is 0 Å². The number of piperidine rings is 1. The third kappa shape index (κ3) is 6.22. The number of carboxylic acid groups (broad SMARTS) is 1. The summed E-state index contributed by atoms with van der Waals surface area (Å²) < 4.78 is 4.70. The number of benzene rings is 1. The molecule has 2 atom stereocenters. The Morgan fingerprint density at radius 2 is 1.88 bits per heavy atom. The molecule has 172 valence electrons. The molecule has 2 aromatic heterocycles. The van der Waals surface area contributed by atoms with Crippen LogP contribution < -0.4 is 5.32 Å². The molecule has 2 N–H and O–H groups in total. The van der Waals surface area contributed by atoms with Crippen LogP contribution in [-0.2, 0) is 16.0 Å². The molecule has 0 bridgehead atoms. The minimum absolute atomic E-state index is 0.0523. The number of hydrogen-bond donors (Lipinski definition) is 2. The molecule has 33 heavy (non-hydrogen) atoms. The molecule has 3 heterocycles. The molecule has 0 spiro atoms. The predicted molar refractivity (Wildman–Crippen MR) is 117 cm³/mol. The Hall–Kier alpha value is -4.08. The van der Waals surface area contributed by atoms with Crippen molar-refractivity contribution in [1.82, 2.24) is 25.5 Å². The van der Waals surface area contributed by atoms with Crippen molar-refractivity contribution >= 4 is 18.3 Å². The van der Waals surface area contributed by atoms with Gasteiger partial charge in [0.25, 0.3) is 12.4 Å². The Bertz CT molecular complexity index is 1060. The van der Waals surface area contributed by atoms with Gasteiger partial charge in [-0.05, 0) is 31.0 Å². The largest absolute Gasteiger partial charge is 0.483 e. The molecule has 0 unspecified atom stereocenters. The van der Waals surface area contributed by atoms with Crippen molar-refractivity contribution in [3.8, 4) is 0 Å². The van der Waals surface area contributed by atoms with Crippen LogP contribution in [0.5, 0.6) is 0 Å². The standard InChI is InChI=1S/C22H23N5O3.CH2O2/c1-15-19(26-30-25-15)13-21(28)27-12-9-18(16-5-3-2-4-6-16)20(14-27)24-22(29)17-7-10-23-11-8-17;2-1-3/h2-8,10-11,18,20H,9,12-14H2,1H3,(H,24,29);1H,(H,2,3)/t18-,20-;/m0./s1. The molecule has 0 saturated carbocycles. The lowest BCUT2D eigenvalue weighted by Crippen LogP contribution is -2.53. The molecule has 1 aliphatic rings. The average molecular weight is 451 g/mol. The Kier molecular flexibility index (Phi) is 8.23. The summed E-state index contributed by atoms with van der Waals surface area (Å²) in [6, 6.07) is 13.3. The number of carbonyl (C=O) groups is 3. The number of hydrogen-bond acceptors (Lipinski definition) is 7. The SMILES string of the molecule is Cc1nonc1CC(=O)N1CC[C@@H](c2ccccc2)[C@@H](NC(=O)c2ccncc2)C1.O=CO. The number of pyridine rings is 1. The first-order chi connectivity index (χ1) is 16.0. The van der Waals surface area contributed by atoms with E-state index in [9.17, 15) is 9.59 Å². The van der Waals surface area contributed by atoms with Gasteiger partial charge in [-0.15, -0.1) is 0 Å². The van der Waals surface area contributed by atoms with Gasteiger partial charge in [-0.3, -0.25) is 19.4 Å². The van der Waals surface area contributed by atoms with Crippen LogP contribution in [-0.4, -0.2) is 62.7 Å². The van der Waals surface area contributed by atoms with Gasteiger partial charge in [0, 0.05) is 37.0 Å². The van der Waals surface area contributed by atoms with Crippen LogP contribution in [0.4, 0.5) is 0 Å². The van der Waals surface area contributed by atoms with Gasteiger partial charge in [0.05, 0.1) is 12.5 Å². The van der Waals surface area contributed by atoms with Crippen LogP contribution in [0, 0.1) is 6.92 Å². The van der Waals surface area contributed by atoms with Crippen LogP contribution >= 0.6 is 0 Å². The Balaban J connectivity index is 0.000000968. The number of likely N-dealkylation sites (tertiary alicyclic amines) is 1. The number of rotatable bonds is 5. The summed E-state index contributed by atoms with van der Waals surface area (Å²) in [7, 11) is 0. The van der Waals surface area contributed by atoms with Crippen molar-refractivity contribution in [1.29, 1.82) is 0 Å². The topological polar surface area (TPSA) is 139 Å². The number of carbonyl (C=O) groups excluding carboxylic acids is 2. The van der Waals surface area contributed by atoms with Gasteiger partial charge in [-0.1, -0.05) is 40.6 Å². The van der Waals surface area contributed by atoms with Crippen LogP contribution in [0.1, 0.15) is 39.6 Å². The van der Waals surface area contributed by atoms with E-state index >= 15 is 0 Å². The molecule has 10 heteroatoms. The van der Waals surface area contributed by atoms with E-state index in [2.05, 4.69) is 32.7 Å². The third-order valence-corrected chi connectivity index (χ3v) is 5.52. The van der Waals surface area contributed by atoms with Gasteiger partial charge in [0.2, 0.25) is 5.91 Å². The van der Waals surface area contributed by atoms with Gasteiger partial charge < -0.3 is 15.3 Å². The average Bonchev–Trinajstić information content (AvgIpc) is 3.24. The van der Waals surface area contributed by atoms with E-state index in [1.165, 1.54) is 0 Å². The van der Waals surface area contributed by atoms with Crippen LogP contribution in [0.3, 0.4) is 0 Å². The third-order valence-electron chi connectivity index (χ3n) is 5.52. The molecule has 1 aromatic carbocycles. The molecule has 1 fully saturated rings. The lowest BCUT2D eigenvalue weighted by Gasteiger charge is -2.39. The second-order valence-electron chi connectivity index (χ2n) is 7.54. The Labute approximate surface area is 190 Å². The second-order valence-corrected chi connectivity index (χ2v) is 7.54. The van der Waals surface area contributed by atoms with Gasteiger partial charge in [0.1, 0.15) is 11.4 Å². The van der Waals surface area contributed by atoms with Gasteiger partial charge in [-0.2, -0.15) is 0 Å². The summed E-state index contributed by atoms with van der Waals surface area (Å²) >= 11 is 0. The molecule has 0 aliphatic carbocycles. The van der Waals surface area contributed by atoms with Crippen LogP contribution in [0.25, 0.3) is 0 Å². The van der Waals surface area contributed by atoms with Gasteiger partial charge >= 0.3 is 0 Å². The quantitative estimate of drug-likeness (QED) is 0.560. The molecule has 3 aromatic rings. The zero-order chi connectivity index (χ0) is 23.6. The highest BCUT2D eigenvalue weighted by Gasteiger charge is 2.34. The van der Waals surface area contributed by atoms with E-state index in [1.807, 2.05) is 18.2 Å². The first kappa shape index (κ1) is 23.6. The van der Waals surface area contributed by atoms with E-state index in [0.717, 1.165) is 12.0 Å². The highest BCUT2D eigenvalue weighted by Crippen LogP contribution is 2.29. The number of nitrogens with one attached hydrogen (secondary N) is 1. The van der Waals surface area contributed by atoms with Crippen molar-refractivity contribution in [2.45, 2.75) is 31.7 Å². The van der Waals surface area contributed by atoms with Crippen molar-refractivity contribution in [3.05, 3.63) is 77.4 Å². The molecule has 10 nitrogen and oxygen atoms in total. The van der Waals surface area contributed by atoms with Crippen LogP contribution in [0.15, 0.2) is 59.5 Å². The molecule has 2 amide bonds. The van der Waals surface area contributed by atoms with E-state index in [0.29, 0.717) is 30.0 Å². The molecule has 1 saturated heterocycles. The fraction of sp³-hybridized carbons (Fsp3) is 0.304. The van der Waals surface area contributed by atoms with Crippen molar-refractivity contribution in [2.75, 3.05) is 13.1 Å². The highest BCUT2D eigenvalue weighted by molar-refractivity contribution is 5.94. The van der Waals surface area contributed by atoms with Crippen molar-refractivity contribution in [3.63, 3.8) is 0 Å². The number of aromatic nitrogens is 3. The number of aryl methyl sites for hydroxylation is 1. The molecular formula is C23H25N5O5. The monoisotopic (exact) mass is 451 g/mol. The predicted octanol–water partition coefficient (Wildman–Crippen LogP) is 1.83. The summed E-state index contributed by atoms with van der Waals surface area (Å²) in [5.74, 6) is -0.103. The molecule has 4 rings (SSSR count). The first-order valence-corrected chi connectivity index (χ1v) is 10.4. The van der Waals surface area contributed by atoms with Crippen molar-refractivity contribution in [2.24, 2.45) is 0 Å². The maximum atomic E-state index is 12.9. The lowest BCUT2D eigenvalue weighted by molar-refractivity contribution is -0.132. The zero-order valence-corrected chi connectivity index (χ0v) is 18.1. The fourth-order valence-corrected chi connectivity index (χ4v) is 3.84. The summed E-state index contributed by atoms with van der Waals surface area (Å²) in [4.78, 5) is 39.8. The summed E-state index contributed by atoms with van der Waals surface area (Å²) in [5.41, 5.74) is 2.86. The van der Waals surface area contributed by atoms with Crippen molar-refractivity contribution < 1.29 is 24.1 Å². The van der Waals surface area contributed by atoms with E-state index < -0.39 is 0 Å². The molecule has 0 radical (unpaired) electrons. The Morgan fingerprint density at radius 3 is 2.52 bits per heavy atom. The molecular weight excluding hydrogens is 426 g/mol. The highest BCUT2D eigenvalue weighted by atomic mass is 16.6. The number of nitrogens with zero attached hydrogens (tertiary/aromatic N) is 4. The second kappa shape index (κ2) is 11.5. The zero-order valence-electron chi connectivity index (χ0n) is 18.1. The smallest absolute Gasteiger partial charge is 0.290 e. The maximum Gasteiger partial charge on any atom is 0.290 e. The summed E-state index contributed by atoms with van der Waals surface area (Å²) in [6.45, 7) is 2.56. The minimum atomic E-state index is -0.250. The lowest BCUT2D eigenvalue weighted by atomic mass is 9.85. The normalized spacial score (nSPS) is 17.4. The Morgan fingerprint density at radius 1 is 1.18 bits per heavy atom. The number of amides is 2.